The zero-order valence-corrected chi connectivity index (χ0v) is 17.0. The van der Waals surface area contributed by atoms with E-state index in [9.17, 15) is 13.2 Å². The van der Waals surface area contributed by atoms with E-state index in [1.54, 1.807) is 0 Å². The van der Waals surface area contributed by atoms with Gasteiger partial charge < -0.3 is 4.90 Å². The van der Waals surface area contributed by atoms with E-state index in [-0.39, 0.29) is 29.5 Å². The van der Waals surface area contributed by atoms with Gasteiger partial charge in [-0.1, -0.05) is 37.6 Å². The van der Waals surface area contributed by atoms with Gasteiger partial charge in [0.1, 0.15) is 0 Å². The second kappa shape index (κ2) is 7.87. The van der Waals surface area contributed by atoms with Crippen molar-refractivity contribution in [1.29, 1.82) is 0 Å². The molecule has 1 aromatic carbocycles. The third kappa shape index (κ3) is 4.41. The Morgan fingerprint density at radius 1 is 1.12 bits per heavy atom. The van der Waals surface area contributed by atoms with Gasteiger partial charge in [0.15, 0.2) is 9.84 Å². The molecule has 2 aliphatic rings. The number of piperazine rings is 1. The van der Waals surface area contributed by atoms with Crippen LogP contribution in [0.15, 0.2) is 24.3 Å². The van der Waals surface area contributed by atoms with Crippen LogP contribution in [0.25, 0.3) is 0 Å². The highest BCUT2D eigenvalue weighted by Crippen LogP contribution is 2.29. The third-order valence-electron chi connectivity index (χ3n) is 5.51. The van der Waals surface area contributed by atoms with Crippen molar-refractivity contribution in [2.24, 2.45) is 5.92 Å². The molecule has 0 saturated carbocycles. The van der Waals surface area contributed by atoms with Gasteiger partial charge in [0.25, 0.3) is 0 Å². The number of hydrogen-bond acceptors (Lipinski definition) is 4. The molecule has 5 nitrogen and oxygen atoms in total. The van der Waals surface area contributed by atoms with Gasteiger partial charge in [-0.25, -0.2) is 8.42 Å². The molecule has 0 aromatic heterocycles. The Bertz CT molecular complexity index is 741. The molecule has 2 aliphatic heterocycles. The highest BCUT2D eigenvalue weighted by Gasteiger charge is 2.36. The molecule has 0 unspecified atom stereocenters. The van der Waals surface area contributed by atoms with Crippen molar-refractivity contribution >= 4 is 27.3 Å². The molecule has 144 valence electrons. The molecule has 0 radical (unpaired) electrons. The lowest BCUT2D eigenvalue weighted by Crippen LogP contribution is -2.53. The molecule has 2 fully saturated rings. The summed E-state index contributed by atoms with van der Waals surface area (Å²) < 4.78 is 23.4. The minimum Gasteiger partial charge on any atom is -0.340 e. The average molecular weight is 399 g/mol. The fourth-order valence-electron chi connectivity index (χ4n) is 4.05. The summed E-state index contributed by atoms with van der Waals surface area (Å²) in [5, 5.41) is 0.670. The predicted molar refractivity (Wildman–Crippen MR) is 104 cm³/mol. The predicted octanol–water partition coefficient (Wildman–Crippen LogP) is 2.41. The fourth-order valence-corrected chi connectivity index (χ4v) is 5.94. The lowest BCUT2D eigenvalue weighted by Gasteiger charge is -2.39. The van der Waals surface area contributed by atoms with E-state index in [1.807, 2.05) is 29.2 Å². The van der Waals surface area contributed by atoms with Crippen LogP contribution in [-0.2, 0) is 14.6 Å². The summed E-state index contributed by atoms with van der Waals surface area (Å²) in [6.45, 7) is 6.95. The molecular formula is C19H27ClN2O3S. The van der Waals surface area contributed by atoms with Crippen LogP contribution < -0.4 is 0 Å². The van der Waals surface area contributed by atoms with Gasteiger partial charge >= 0.3 is 0 Å². The summed E-state index contributed by atoms with van der Waals surface area (Å²) in [6, 6.07) is 7.65. The summed E-state index contributed by atoms with van der Waals surface area (Å²) >= 11 is 5.98. The number of rotatable bonds is 4. The maximum absolute atomic E-state index is 13.1. The van der Waals surface area contributed by atoms with Crippen LogP contribution in [0, 0.1) is 5.92 Å². The van der Waals surface area contributed by atoms with Gasteiger partial charge in [-0.05, 0) is 30.0 Å². The molecule has 0 bridgehead atoms. The number of carbonyl (C=O) groups excluding carboxylic acids is 1. The summed E-state index contributed by atoms with van der Waals surface area (Å²) in [6.07, 6.45) is 0.718. The van der Waals surface area contributed by atoms with Gasteiger partial charge in [-0.2, -0.15) is 0 Å². The lowest BCUT2D eigenvalue weighted by molar-refractivity contribution is -0.135. The molecule has 0 aliphatic carbocycles. The Labute approximate surface area is 161 Å². The fraction of sp³-hybridized carbons (Fsp3) is 0.632. The number of nitrogens with zero attached hydrogens (tertiary/aromatic N) is 2. The first-order valence-electron chi connectivity index (χ1n) is 9.25. The summed E-state index contributed by atoms with van der Waals surface area (Å²) in [5.74, 6) is 0.733. The molecule has 2 saturated heterocycles. The van der Waals surface area contributed by atoms with Crippen LogP contribution in [0.1, 0.15) is 31.7 Å². The van der Waals surface area contributed by atoms with Crippen molar-refractivity contribution in [2.45, 2.75) is 32.2 Å². The second-order valence-corrected chi connectivity index (χ2v) is 10.4. The third-order valence-corrected chi connectivity index (χ3v) is 7.51. The minimum atomic E-state index is -2.87. The normalized spacial score (nSPS) is 24.8. The maximum atomic E-state index is 13.1. The molecule has 7 heteroatoms. The monoisotopic (exact) mass is 398 g/mol. The van der Waals surface area contributed by atoms with Crippen LogP contribution in [0.5, 0.6) is 0 Å². The Hall–Kier alpha value is -1.11. The number of halogens is 1. The van der Waals surface area contributed by atoms with E-state index in [4.69, 9.17) is 11.6 Å². The first-order chi connectivity index (χ1) is 12.3. The molecule has 0 N–H and O–H groups in total. The van der Waals surface area contributed by atoms with Crippen molar-refractivity contribution in [2.75, 3.05) is 37.7 Å². The Morgan fingerprint density at radius 3 is 2.23 bits per heavy atom. The van der Waals surface area contributed by atoms with Crippen LogP contribution in [-0.4, -0.2) is 67.9 Å². The molecule has 1 aromatic rings. The number of carbonyl (C=O) groups is 1. The van der Waals surface area contributed by atoms with Gasteiger partial charge in [-0.15, -0.1) is 0 Å². The van der Waals surface area contributed by atoms with Crippen LogP contribution in [0.4, 0.5) is 0 Å². The summed E-state index contributed by atoms with van der Waals surface area (Å²) in [7, 11) is -2.87. The highest BCUT2D eigenvalue weighted by molar-refractivity contribution is 7.91. The zero-order chi connectivity index (χ0) is 18.9. The molecule has 26 heavy (non-hydrogen) atoms. The van der Waals surface area contributed by atoms with Crippen molar-refractivity contribution in [3.8, 4) is 0 Å². The lowest BCUT2D eigenvalue weighted by atomic mass is 9.87. The molecule has 3 rings (SSSR count). The number of amides is 1. The van der Waals surface area contributed by atoms with E-state index < -0.39 is 9.84 Å². The van der Waals surface area contributed by atoms with E-state index in [0.29, 0.717) is 23.9 Å². The Kier molecular flexibility index (Phi) is 5.94. The van der Waals surface area contributed by atoms with Crippen molar-refractivity contribution < 1.29 is 13.2 Å². The van der Waals surface area contributed by atoms with E-state index >= 15 is 0 Å². The highest BCUT2D eigenvalue weighted by atomic mass is 35.5. The second-order valence-electron chi connectivity index (χ2n) is 7.69. The van der Waals surface area contributed by atoms with Crippen molar-refractivity contribution in [1.82, 2.24) is 9.80 Å². The summed E-state index contributed by atoms with van der Waals surface area (Å²) in [5.41, 5.74) is 0.999. The number of hydrogen-bond donors (Lipinski definition) is 0. The number of sulfone groups is 1. The van der Waals surface area contributed by atoms with Crippen LogP contribution >= 0.6 is 11.6 Å². The quantitative estimate of drug-likeness (QED) is 0.781. The maximum Gasteiger partial charge on any atom is 0.230 e. The van der Waals surface area contributed by atoms with Crippen LogP contribution in [0.3, 0.4) is 0 Å². The summed E-state index contributed by atoms with van der Waals surface area (Å²) in [4.78, 5) is 17.3. The SMILES string of the molecule is CC(C)[C@H](C(=O)N1CCN([C@H]2CCS(=O)(=O)C2)CC1)c1ccc(Cl)cc1. The van der Waals surface area contributed by atoms with Gasteiger partial charge in [0, 0.05) is 37.2 Å². The molecular weight excluding hydrogens is 372 g/mol. The minimum absolute atomic E-state index is 0.120. The molecule has 1 amide bonds. The molecule has 0 spiro atoms. The van der Waals surface area contributed by atoms with E-state index in [1.165, 1.54) is 0 Å². The van der Waals surface area contributed by atoms with E-state index in [2.05, 4.69) is 18.7 Å². The van der Waals surface area contributed by atoms with Crippen molar-refractivity contribution in [3.05, 3.63) is 34.9 Å². The van der Waals surface area contributed by atoms with Gasteiger partial charge in [0.2, 0.25) is 5.91 Å². The van der Waals surface area contributed by atoms with E-state index in [0.717, 1.165) is 25.1 Å². The zero-order valence-electron chi connectivity index (χ0n) is 15.4. The largest absolute Gasteiger partial charge is 0.340 e. The standard InChI is InChI=1S/C19H27ClN2O3S/c1-14(2)18(15-3-5-16(20)6-4-15)19(23)22-10-8-21(9-11-22)17-7-12-26(24,25)13-17/h3-6,14,17-18H,7-13H2,1-2H3/t17-,18-/m0/s1. The first kappa shape index (κ1) is 19.6. The van der Waals surface area contributed by atoms with Gasteiger partial charge in [-0.3, -0.25) is 9.69 Å². The Morgan fingerprint density at radius 2 is 1.73 bits per heavy atom. The molecule has 2 atom stereocenters. The Balaban J connectivity index is 1.64. The van der Waals surface area contributed by atoms with Crippen molar-refractivity contribution in [3.63, 3.8) is 0 Å². The van der Waals surface area contributed by atoms with Gasteiger partial charge in [0.05, 0.1) is 17.4 Å². The first-order valence-corrected chi connectivity index (χ1v) is 11.5. The van der Waals surface area contributed by atoms with Crippen LogP contribution in [0.2, 0.25) is 5.02 Å². The number of benzene rings is 1. The molecule has 2 heterocycles. The smallest absolute Gasteiger partial charge is 0.230 e. The topological polar surface area (TPSA) is 57.7 Å². The average Bonchev–Trinajstić information content (AvgIpc) is 2.96.